The summed E-state index contributed by atoms with van der Waals surface area (Å²) >= 11 is 7.08. The number of fused-ring (bicyclic) bond motifs is 1. The first-order valence-electron chi connectivity index (χ1n) is 8.09. The van der Waals surface area contributed by atoms with Crippen LogP contribution in [0.4, 0.5) is 0 Å². The second kappa shape index (κ2) is 7.81. The first kappa shape index (κ1) is 17.6. The quantitative estimate of drug-likeness (QED) is 0.590. The minimum atomic E-state index is -0.128. The summed E-state index contributed by atoms with van der Waals surface area (Å²) in [6, 6.07) is 17.6. The van der Waals surface area contributed by atoms with Gasteiger partial charge in [-0.05, 0) is 41.5 Å². The molecule has 0 bridgehead atoms. The average molecular weight is 372 g/mol. The van der Waals surface area contributed by atoms with E-state index in [9.17, 15) is 9.59 Å². The monoisotopic (exact) mass is 371 g/mol. The van der Waals surface area contributed by atoms with Crippen molar-refractivity contribution in [3.63, 3.8) is 0 Å². The number of benzene rings is 2. The number of carbonyl (C=O) groups excluding carboxylic acids is 2. The Hall–Kier alpha value is -2.17. The van der Waals surface area contributed by atoms with E-state index in [0.29, 0.717) is 9.21 Å². The largest absolute Gasteiger partial charge is 0.350 e. The van der Waals surface area contributed by atoms with Gasteiger partial charge in [0.05, 0.1) is 15.3 Å². The Morgan fingerprint density at radius 1 is 1.04 bits per heavy atom. The molecule has 0 radical (unpaired) electrons. The molecule has 1 atom stereocenters. The van der Waals surface area contributed by atoms with Crippen LogP contribution in [0.1, 0.15) is 41.0 Å². The maximum Gasteiger partial charge on any atom is 0.220 e. The molecular weight excluding hydrogens is 354 g/mol. The van der Waals surface area contributed by atoms with E-state index in [1.807, 2.05) is 25.1 Å². The van der Waals surface area contributed by atoms with E-state index in [2.05, 4.69) is 29.6 Å². The summed E-state index contributed by atoms with van der Waals surface area (Å²) in [6.45, 7) is 1.95. The van der Waals surface area contributed by atoms with Crippen molar-refractivity contribution in [2.45, 2.75) is 25.8 Å². The number of halogens is 1. The molecule has 5 heteroatoms. The fourth-order valence-corrected chi connectivity index (χ4v) is 3.70. The number of carbonyl (C=O) groups is 2. The number of Topliss-reactive ketones (excluding diaryl/α,β-unsaturated/α-hetero) is 1. The molecule has 0 saturated carbocycles. The number of hydrogen-bond acceptors (Lipinski definition) is 3. The molecule has 3 aromatic rings. The highest BCUT2D eigenvalue weighted by Crippen LogP contribution is 2.23. The SMILES string of the molecule is CC(NC(=O)CCC(=O)c1ccc(Cl)s1)c1ccc2ccccc2c1. The highest BCUT2D eigenvalue weighted by Gasteiger charge is 2.14. The van der Waals surface area contributed by atoms with E-state index in [0.717, 1.165) is 10.9 Å². The summed E-state index contributed by atoms with van der Waals surface area (Å²) in [5, 5.41) is 5.27. The maximum absolute atomic E-state index is 12.1. The lowest BCUT2D eigenvalue weighted by molar-refractivity contribution is -0.121. The highest BCUT2D eigenvalue weighted by atomic mass is 35.5. The smallest absolute Gasteiger partial charge is 0.220 e. The third-order valence-corrected chi connectivity index (χ3v) is 5.35. The zero-order valence-corrected chi connectivity index (χ0v) is 15.4. The molecule has 0 aliphatic carbocycles. The van der Waals surface area contributed by atoms with Crippen molar-refractivity contribution in [2.24, 2.45) is 0 Å². The average Bonchev–Trinajstić information content (AvgIpc) is 3.05. The van der Waals surface area contributed by atoms with Gasteiger partial charge in [-0.3, -0.25) is 9.59 Å². The summed E-state index contributed by atoms with van der Waals surface area (Å²) in [4.78, 5) is 24.8. The van der Waals surface area contributed by atoms with Gasteiger partial charge in [0.1, 0.15) is 0 Å². The second-order valence-corrected chi connectivity index (χ2v) is 7.64. The maximum atomic E-state index is 12.1. The lowest BCUT2D eigenvalue weighted by Crippen LogP contribution is -2.26. The first-order valence-corrected chi connectivity index (χ1v) is 9.29. The van der Waals surface area contributed by atoms with E-state index in [1.165, 1.54) is 16.7 Å². The van der Waals surface area contributed by atoms with Crippen LogP contribution < -0.4 is 5.32 Å². The molecular formula is C20H18ClNO2S. The van der Waals surface area contributed by atoms with Crippen LogP contribution in [0.5, 0.6) is 0 Å². The Bertz CT molecular complexity index is 919. The molecule has 2 aromatic carbocycles. The zero-order valence-electron chi connectivity index (χ0n) is 13.8. The topological polar surface area (TPSA) is 46.2 Å². The van der Waals surface area contributed by atoms with Crippen LogP contribution >= 0.6 is 22.9 Å². The van der Waals surface area contributed by atoms with Crippen LogP contribution in [0.25, 0.3) is 10.8 Å². The molecule has 3 nitrogen and oxygen atoms in total. The van der Waals surface area contributed by atoms with Crippen molar-refractivity contribution in [2.75, 3.05) is 0 Å². The number of hydrogen-bond donors (Lipinski definition) is 1. The Labute approximate surface area is 155 Å². The molecule has 0 aliphatic rings. The molecule has 0 spiro atoms. The van der Waals surface area contributed by atoms with Crippen LogP contribution in [-0.2, 0) is 4.79 Å². The van der Waals surface area contributed by atoms with Crippen molar-refractivity contribution in [1.29, 1.82) is 0 Å². The molecule has 3 rings (SSSR count). The number of thiophene rings is 1. The van der Waals surface area contributed by atoms with E-state index in [-0.39, 0.29) is 30.6 Å². The van der Waals surface area contributed by atoms with Gasteiger partial charge in [0.2, 0.25) is 5.91 Å². The van der Waals surface area contributed by atoms with Gasteiger partial charge in [-0.1, -0.05) is 48.0 Å². The van der Waals surface area contributed by atoms with E-state index < -0.39 is 0 Å². The third-order valence-electron chi connectivity index (χ3n) is 4.08. The Morgan fingerprint density at radius 3 is 2.52 bits per heavy atom. The van der Waals surface area contributed by atoms with Crippen molar-refractivity contribution in [3.05, 3.63) is 69.4 Å². The predicted molar refractivity (Wildman–Crippen MR) is 103 cm³/mol. The minimum Gasteiger partial charge on any atom is -0.350 e. The number of ketones is 1. The molecule has 0 saturated heterocycles. The fourth-order valence-electron chi connectivity index (χ4n) is 2.69. The molecule has 128 valence electrons. The first-order chi connectivity index (χ1) is 12.0. The molecule has 25 heavy (non-hydrogen) atoms. The van der Waals surface area contributed by atoms with Crippen LogP contribution in [0.3, 0.4) is 0 Å². The molecule has 1 amide bonds. The summed E-state index contributed by atoms with van der Waals surface area (Å²) in [5.41, 5.74) is 1.04. The molecule has 1 aromatic heterocycles. The number of amides is 1. The van der Waals surface area contributed by atoms with Gasteiger partial charge < -0.3 is 5.32 Å². The fraction of sp³-hybridized carbons (Fsp3) is 0.200. The van der Waals surface area contributed by atoms with Crippen molar-refractivity contribution >= 4 is 45.4 Å². The van der Waals surface area contributed by atoms with E-state index in [4.69, 9.17) is 11.6 Å². The Kier molecular flexibility index (Phi) is 5.51. The van der Waals surface area contributed by atoms with Crippen LogP contribution in [0, 0.1) is 0 Å². The van der Waals surface area contributed by atoms with Crippen molar-refractivity contribution < 1.29 is 9.59 Å². The van der Waals surface area contributed by atoms with Gasteiger partial charge in [-0.15, -0.1) is 11.3 Å². The van der Waals surface area contributed by atoms with E-state index in [1.54, 1.807) is 12.1 Å². The summed E-state index contributed by atoms with van der Waals surface area (Å²) in [5.74, 6) is -0.179. The second-order valence-electron chi connectivity index (χ2n) is 5.92. The van der Waals surface area contributed by atoms with Gasteiger partial charge in [-0.25, -0.2) is 0 Å². The predicted octanol–water partition coefficient (Wildman–Crippen LogP) is 5.40. The lowest BCUT2D eigenvalue weighted by atomic mass is 10.0. The standard InChI is InChI=1S/C20H18ClNO2S/c1-13(15-7-6-14-4-2-3-5-16(14)12-15)22-20(24)11-8-17(23)18-9-10-19(21)25-18/h2-7,9-10,12-13H,8,11H2,1H3,(H,22,24). The Balaban J connectivity index is 1.57. The van der Waals surface area contributed by atoms with Crippen molar-refractivity contribution in [3.8, 4) is 0 Å². The number of nitrogens with one attached hydrogen (secondary N) is 1. The molecule has 0 fully saturated rings. The van der Waals surface area contributed by atoms with E-state index >= 15 is 0 Å². The van der Waals surface area contributed by atoms with Gasteiger partial charge in [-0.2, -0.15) is 0 Å². The zero-order chi connectivity index (χ0) is 17.8. The number of rotatable bonds is 6. The molecule has 1 heterocycles. The normalized spacial score (nSPS) is 12.1. The van der Waals surface area contributed by atoms with Crippen LogP contribution in [0.2, 0.25) is 4.34 Å². The van der Waals surface area contributed by atoms with Gasteiger partial charge in [0.15, 0.2) is 5.78 Å². The van der Waals surface area contributed by atoms with Crippen LogP contribution in [0.15, 0.2) is 54.6 Å². The van der Waals surface area contributed by atoms with Gasteiger partial charge >= 0.3 is 0 Å². The highest BCUT2D eigenvalue weighted by molar-refractivity contribution is 7.18. The van der Waals surface area contributed by atoms with Crippen LogP contribution in [-0.4, -0.2) is 11.7 Å². The van der Waals surface area contributed by atoms with Crippen molar-refractivity contribution in [1.82, 2.24) is 5.32 Å². The molecule has 1 unspecified atom stereocenters. The lowest BCUT2D eigenvalue weighted by Gasteiger charge is -2.15. The summed E-state index contributed by atoms with van der Waals surface area (Å²) in [6.07, 6.45) is 0.361. The minimum absolute atomic E-state index is 0.0505. The molecule has 1 N–H and O–H groups in total. The summed E-state index contributed by atoms with van der Waals surface area (Å²) in [7, 11) is 0. The Morgan fingerprint density at radius 2 is 1.80 bits per heavy atom. The summed E-state index contributed by atoms with van der Waals surface area (Å²) < 4.78 is 0.581. The molecule has 0 aliphatic heterocycles. The van der Waals surface area contributed by atoms with Gasteiger partial charge in [0.25, 0.3) is 0 Å². The third kappa shape index (κ3) is 4.47. The van der Waals surface area contributed by atoms with Gasteiger partial charge in [0, 0.05) is 12.8 Å².